The Bertz CT molecular complexity index is 1050. The summed E-state index contributed by atoms with van der Waals surface area (Å²) in [6.07, 6.45) is -0.433. The largest absolute Gasteiger partial charge is 0.352 e. The minimum Gasteiger partial charge on any atom is -0.352 e. The Morgan fingerprint density at radius 2 is 1.55 bits per heavy atom. The van der Waals surface area contributed by atoms with Crippen LogP contribution in [0.3, 0.4) is 0 Å². The van der Waals surface area contributed by atoms with Crippen LogP contribution >= 0.6 is 0 Å². The SMILES string of the molecule is NN[C@H]1C(=O)N2[C@@H](c3ccccc3)OC[C@@H]2[C@H]1N(Cc1ccccc1)OCc1ccccc1. The Hall–Kier alpha value is -3.07. The second kappa shape index (κ2) is 9.82. The first-order valence-corrected chi connectivity index (χ1v) is 11.2. The van der Waals surface area contributed by atoms with Gasteiger partial charge in [0.15, 0.2) is 6.23 Å². The molecule has 33 heavy (non-hydrogen) atoms. The van der Waals surface area contributed by atoms with Gasteiger partial charge in [-0.1, -0.05) is 91.0 Å². The maximum absolute atomic E-state index is 13.5. The predicted octanol–water partition coefficient (Wildman–Crippen LogP) is 2.76. The number of benzene rings is 3. The lowest BCUT2D eigenvalue weighted by atomic mass is 10.0. The average Bonchev–Trinajstić information content (AvgIpc) is 3.42. The summed E-state index contributed by atoms with van der Waals surface area (Å²) in [6.45, 7) is 1.32. The van der Waals surface area contributed by atoms with Crippen LogP contribution in [0, 0.1) is 0 Å². The number of fused-ring (bicyclic) bond motifs is 1. The molecule has 7 nitrogen and oxygen atoms in total. The van der Waals surface area contributed by atoms with Gasteiger partial charge in [-0.25, -0.2) is 5.43 Å². The molecule has 3 N–H and O–H groups in total. The maximum atomic E-state index is 13.5. The van der Waals surface area contributed by atoms with E-state index in [-0.39, 0.29) is 18.0 Å². The molecule has 3 aromatic rings. The van der Waals surface area contributed by atoms with Crippen molar-refractivity contribution in [2.75, 3.05) is 6.61 Å². The van der Waals surface area contributed by atoms with Gasteiger partial charge in [-0.3, -0.25) is 15.5 Å². The smallest absolute Gasteiger partial charge is 0.245 e. The zero-order valence-corrected chi connectivity index (χ0v) is 18.3. The lowest BCUT2D eigenvalue weighted by Crippen LogP contribution is -2.55. The normalized spacial score (nSPS) is 24.4. The number of hydroxylamine groups is 2. The quantitative estimate of drug-likeness (QED) is 0.411. The summed E-state index contributed by atoms with van der Waals surface area (Å²) >= 11 is 0. The summed E-state index contributed by atoms with van der Waals surface area (Å²) in [5.74, 6) is 5.84. The summed E-state index contributed by atoms with van der Waals surface area (Å²) < 4.78 is 6.12. The molecule has 0 spiro atoms. The number of carbonyl (C=O) groups excluding carboxylic acids is 1. The first-order valence-electron chi connectivity index (χ1n) is 11.2. The lowest BCUT2D eigenvalue weighted by Gasteiger charge is -2.33. The number of rotatable bonds is 8. The third kappa shape index (κ3) is 4.42. The van der Waals surface area contributed by atoms with E-state index in [1.54, 1.807) is 0 Å². The van der Waals surface area contributed by atoms with Crippen LogP contribution in [0.1, 0.15) is 22.9 Å². The molecule has 2 aliphatic rings. The Kier molecular flexibility index (Phi) is 6.48. The number of amides is 1. The zero-order chi connectivity index (χ0) is 22.6. The Morgan fingerprint density at radius 3 is 2.18 bits per heavy atom. The summed E-state index contributed by atoms with van der Waals surface area (Å²) in [6, 6.07) is 28.8. The number of hydrogen-bond acceptors (Lipinski definition) is 6. The van der Waals surface area contributed by atoms with Crippen molar-refractivity contribution in [1.29, 1.82) is 0 Å². The monoisotopic (exact) mass is 444 g/mol. The highest BCUT2D eigenvalue weighted by atomic mass is 16.7. The van der Waals surface area contributed by atoms with Crippen LogP contribution in [0.25, 0.3) is 0 Å². The third-order valence-electron chi connectivity index (χ3n) is 6.31. The summed E-state index contributed by atoms with van der Waals surface area (Å²) in [5, 5.41) is 1.90. The minimum absolute atomic E-state index is 0.0831. The van der Waals surface area contributed by atoms with Gasteiger partial charge in [-0.15, -0.1) is 0 Å². The fourth-order valence-corrected chi connectivity index (χ4v) is 4.73. The second-order valence-electron chi connectivity index (χ2n) is 8.36. The lowest BCUT2D eigenvalue weighted by molar-refractivity contribution is -0.210. The molecule has 0 aliphatic carbocycles. The van der Waals surface area contributed by atoms with Crippen molar-refractivity contribution in [1.82, 2.24) is 15.4 Å². The number of nitrogens with zero attached hydrogens (tertiary/aromatic N) is 2. The molecule has 2 heterocycles. The maximum Gasteiger partial charge on any atom is 0.245 e. The van der Waals surface area contributed by atoms with Crippen molar-refractivity contribution in [2.45, 2.75) is 37.5 Å². The standard InChI is InChI=1S/C26H28N4O3/c27-28-23-24(22-18-32-26(30(22)25(23)31)21-14-8-3-9-15-21)29(16-19-10-4-1-5-11-19)33-17-20-12-6-2-7-13-20/h1-15,22-24,26,28H,16-18,27H2/t22-,23-,24-,26-/m1/s1. The zero-order valence-electron chi connectivity index (χ0n) is 18.3. The number of ether oxygens (including phenoxy) is 1. The number of hydrogen-bond donors (Lipinski definition) is 2. The summed E-state index contributed by atoms with van der Waals surface area (Å²) in [7, 11) is 0. The summed E-state index contributed by atoms with van der Waals surface area (Å²) in [4.78, 5) is 21.6. The van der Waals surface area contributed by atoms with Gasteiger partial charge in [-0.05, 0) is 11.1 Å². The van der Waals surface area contributed by atoms with Crippen molar-refractivity contribution < 1.29 is 14.4 Å². The van der Waals surface area contributed by atoms with E-state index in [9.17, 15) is 4.79 Å². The Labute approximate surface area is 193 Å². The van der Waals surface area contributed by atoms with Crippen molar-refractivity contribution in [2.24, 2.45) is 5.84 Å². The second-order valence-corrected chi connectivity index (χ2v) is 8.36. The van der Waals surface area contributed by atoms with E-state index in [0.29, 0.717) is 19.8 Å². The number of nitrogens with one attached hydrogen (secondary N) is 1. The predicted molar refractivity (Wildman–Crippen MR) is 124 cm³/mol. The van der Waals surface area contributed by atoms with E-state index in [1.165, 1.54) is 0 Å². The number of nitrogens with two attached hydrogens (primary N) is 1. The van der Waals surface area contributed by atoms with Crippen LogP contribution < -0.4 is 11.3 Å². The van der Waals surface area contributed by atoms with E-state index >= 15 is 0 Å². The van der Waals surface area contributed by atoms with Gasteiger partial charge in [0.25, 0.3) is 0 Å². The fourth-order valence-electron chi connectivity index (χ4n) is 4.73. The molecule has 2 saturated heterocycles. The molecule has 2 fully saturated rings. The molecule has 0 unspecified atom stereocenters. The first-order chi connectivity index (χ1) is 16.3. The Morgan fingerprint density at radius 1 is 0.939 bits per heavy atom. The van der Waals surface area contributed by atoms with E-state index < -0.39 is 12.3 Å². The van der Waals surface area contributed by atoms with Gasteiger partial charge in [0.1, 0.15) is 6.04 Å². The van der Waals surface area contributed by atoms with Gasteiger partial charge in [-0.2, -0.15) is 5.06 Å². The highest BCUT2D eigenvalue weighted by Crippen LogP contribution is 2.39. The molecule has 170 valence electrons. The minimum atomic E-state index is -0.607. The van der Waals surface area contributed by atoms with Crippen LogP contribution in [-0.4, -0.2) is 40.6 Å². The molecule has 7 heteroatoms. The van der Waals surface area contributed by atoms with E-state index in [4.69, 9.17) is 15.4 Å². The molecule has 1 amide bonds. The molecule has 4 atom stereocenters. The molecule has 3 aromatic carbocycles. The Balaban J connectivity index is 1.44. The van der Waals surface area contributed by atoms with Crippen LogP contribution in [0.15, 0.2) is 91.0 Å². The van der Waals surface area contributed by atoms with Gasteiger partial charge < -0.3 is 9.64 Å². The molecular formula is C26H28N4O3. The fraction of sp³-hybridized carbons (Fsp3) is 0.269. The van der Waals surface area contributed by atoms with Crippen LogP contribution in [0.5, 0.6) is 0 Å². The van der Waals surface area contributed by atoms with Crippen molar-refractivity contribution >= 4 is 5.91 Å². The first kappa shape index (κ1) is 21.8. The molecular weight excluding hydrogens is 416 g/mol. The van der Waals surface area contributed by atoms with Gasteiger partial charge in [0.05, 0.1) is 25.3 Å². The van der Waals surface area contributed by atoms with Gasteiger partial charge in [0.2, 0.25) is 5.91 Å². The van der Waals surface area contributed by atoms with Crippen LogP contribution in [0.2, 0.25) is 0 Å². The van der Waals surface area contributed by atoms with Gasteiger partial charge >= 0.3 is 0 Å². The van der Waals surface area contributed by atoms with Gasteiger partial charge in [0, 0.05) is 12.1 Å². The molecule has 0 saturated carbocycles. The van der Waals surface area contributed by atoms with E-state index in [1.807, 2.05) is 88.8 Å². The molecule has 0 bridgehead atoms. The van der Waals surface area contributed by atoms with Crippen molar-refractivity contribution in [3.63, 3.8) is 0 Å². The summed E-state index contributed by atoms with van der Waals surface area (Å²) in [5.41, 5.74) is 5.85. The topological polar surface area (TPSA) is 80.1 Å². The van der Waals surface area contributed by atoms with Crippen molar-refractivity contribution in [3.8, 4) is 0 Å². The van der Waals surface area contributed by atoms with Crippen LogP contribution in [-0.2, 0) is 27.5 Å². The van der Waals surface area contributed by atoms with E-state index in [0.717, 1.165) is 16.7 Å². The average molecular weight is 445 g/mol. The highest BCUT2D eigenvalue weighted by Gasteiger charge is 2.56. The number of hydrazine groups is 1. The molecule has 5 rings (SSSR count). The third-order valence-corrected chi connectivity index (χ3v) is 6.31. The van der Waals surface area contributed by atoms with Crippen LogP contribution in [0.4, 0.5) is 0 Å². The van der Waals surface area contributed by atoms with E-state index in [2.05, 4.69) is 17.6 Å². The highest BCUT2D eigenvalue weighted by molar-refractivity contribution is 5.86. The number of carbonyl (C=O) groups is 1. The van der Waals surface area contributed by atoms with Crippen molar-refractivity contribution in [3.05, 3.63) is 108 Å². The molecule has 0 aromatic heterocycles. The molecule has 0 radical (unpaired) electrons. The molecule has 2 aliphatic heterocycles.